The summed E-state index contributed by atoms with van der Waals surface area (Å²) in [6.45, 7) is 9.80. The van der Waals surface area contributed by atoms with Gasteiger partial charge in [0, 0.05) is 0 Å². The van der Waals surface area contributed by atoms with Crippen molar-refractivity contribution in [2.45, 2.75) is 52.6 Å². The zero-order chi connectivity index (χ0) is 20.8. The van der Waals surface area contributed by atoms with Crippen molar-refractivity contribution in [1.29, 1.82) is 5.53 Å². The van der Waals surface area contributed by atoms with E-state index in [-0.39, 0.29) is 11.9 Å². The highest BCUT2D eigenvalue weighted by Gasteiger charge is 2.33. The molecule has 0 aliphatic rings. The maximum atomic E-state index is 11.3. The predicted octanol–water partition coefficient (Wildman–Crippen LogP) is 0.934. The summed E-state index contributed by atoms with van der Waals surface area (Å²) in [5.41, 5.74) is 6.78. The lowest BCUT2D eigenvalue weighted by molar-refractivity contribution is -0.249. The molecule has 0 aromatic heterocycles. The van der Waals surface area contributed by atoms with E-state index >= 15 is 0 Å². The molecule has 0 fully saturated rings. The average molecular weight is 363 g/mol. The van der Waals surface area contributed by atoms with Gasteiger partial charge >= 0.3 is 17.9 Å². The van der Waals surface area contributed by atoms with E-state index in [1.54, 1.807) is 41.5 Å². The number of esters is 3. The minimum atomic E-state index is -1.11. The van der Waals surface area contributed by atoms with Crippen LogP contribution in [0.2, 0.25) is 0 Å². The minimum absolute atomic E-state index is 0.00463. The molecule has 0 radical (unpaired) electrons. The fraction of sp³-hybridized carbons (Fsp3) is 0.800. The molecule has 10 nitrogen and oxygen atoms in total. The highest BCUT2D eigenvalue weighted by Crippen LogP contribution is 2.17. The van der Waals surface area contributed by atoms with Crippen LogP contribution in [0.4, 0.5) is 0 Å². The largest absolute Gasteiger partial charge is 0.469 e. The Kier molecular flexibility index (Phi) is 14.2. The number of nitrogens with two attached hydrogens (primary N) is 1. The van der Waals surface area contributed by atoms with E-state index in [9.17, 15) is 14.4 Å². The second-order valence-corrected chi connectivity index (χ2v) is 5.98. The monoisotopic (exact) mass is 363 g/mol. The molecule has 0 saturated heterocycles. The predicted molar refractivity (Wildman–Crippen MR) is 88.5 cm³/mol. The fourth-order valence-corrected chi connectivity index (χ4v) is 1.07. The summed E-state index contributed by atoms with van der Waals surface area (Å²) in [5, 5.41) is 7.63. The average Bonchev–Trinajstić information content (AvgIpc) is 2.59. The molecule has 0 spiro atoms. The number of ether oxygens (including phenoxy) is 3. The topological polar surface area (TPSA) is 153 Å². The van der Waals surface area contributed by atoms with Gasteiger partial charge in [0.25, 0.3) is 0 Å². The maximum Gasteiger partial charge on any atom is 0.335 e. The normalized spacial score (nSPS) is 10.8. The first-order valence-corrected chi connectivity index (χ1v) is 7.33. The van der Waals surface area contributed by atoms with E-state index in [0.29, 0.717) is 0 Å². The van der Waals surface area contributed by atoms with Gasteiger partial charge in [-0.3, -0.25) is 4.79 Å². The molecular weight excluding hydrogens is 332 g/mol. The smallest absolute Gasteiger partial charge is 0.335 e. The molecule has 0 rings (SSSR count). The lowest BCUT2D eigenvalue weighted by Gasteiger charge is -2.19. The number of nitrogens with zero attached hydrogens (tertiary/aromatic N) is 2. The van der Waals surface area contributed by atoms with Crippen LogP contribution >= 0.6 is 0 Å². The van der Waals surface area contributed by atoms with Gasteiger partial charge in [-0.15, -0.1) is 0 Å². The number of carbonyl (C=O) groups excluding carboxylic acids is 3. The molecule has 3 N–H and O–H groups in total. The van der Waals surface area contributed by atoms with Crippen LogP contribution in [0.15, 0.2) is 10.2 Å². The van der Waals surface area contributed by atoms with Gasteiger partial charge < -0.3 is 14.2 Å². The first kappa shape index (κ1) is 27.5. The molecule has 25 heavy (non-hydrogen) atoms. The molecule has 10 heteroatoms. The van der Waals surface area contributed by atoms with Gasteiger partial charge in [-0.25, -0.2) is 9.59 Å². The molecule has 0 atom stereocenters. The highest BCUT2D eigenvalue weighted by molar-refractivity contribution is 5.81. The quantitative estimate of drug-likeness (QED) is 0.421. The molecule has 0 saturated carbocycles. The molecule has 0 bridgehead atoms. The lowest BCUT2D eigenvalue weighted by Crippen LogP contribution is -2.34. The van der Waals surface area contributed by atoms with Crippen LogP contribution in [0.1, 0.15) is 41.5 Å². The van der Waals surface area contributed by atoms with Crippen molar-refractivity contribution in [3.8, 4) is 0 Å². The summed E-state index contributed by atoms with van der Waals surface area (Å²) in [6, 6.07) is 0. The van der Waals surface area contributed by atoms with Gasteiger partial charge in [0.15, 0.2) is 11.1 Å². The number of hydrogen-bond acceptors (Lipinski definition) is 9. The van der Waals surface area contributed by atoms with Gasteiger partial charge in [0.1, 0.15) is 0 Å². The SMILES string of the molecule is COC(=O)C(C)(C)N=NC(C)(C)C(=O)OC.COC(=O)C(C)C.N=[NH2+]. The van der Waals surface area contributed by atoms with E-state index in [4.69, 9.17) is 5.53 Å². The van der Waals surface area contributed by atoms with E-state index in [1.807, 2.05) is 0 Å². The third-order valence-corrected chi connectivity index (χ3v) is 2.59. The third-order valence-electron chi connectivity index (χ3n) is 2.59. The third kappa shape index (κ3) is 11.7. The minimum Gasteiger partial charge on any atom is -0.469 e. The molecular formula is C15H31N4O6+. The standard InChI is InChI=1S/C10H18N2O4.C5H10O2.H2N2/c1-9(2,7(13)15-5)11-12-10(3,4)8(14)16-6;1-4(2)5(6)7-3;1-2/h1-6H3;4H,1-3H3;1-2H/p+1. The second kappa shape index (κ2) is 13.0. The van der Waals surface area contributed by atoms with Gasteiger partial charge in [-0.05, 0) is 27.7 Å². The first-order valence-electron chi connectivity index (χ1n) is 7.33. The van der Waals surface area contributed by atoms with Gasteiger partial charge in [0.05, 0.1) is 27.2 Å². The molecule has 0 aromatic carbocycles. The van der Waals surface area contributed by atoms with Crippen LogP contribution in [0.25, 0.3) is 0 Å². The Morgan fingerprint density at radius 2 is 1.08 bits per heavy atom. The number of methoxy groups -OCH3 is 3. The lowest BCUT2D eigenvalue weighted by atomic mass is 10.1. The van der Waals surface area contributed by atoms with Crippen LogP contribution < -0.4 is 5.53 Å². The molecule has 0 aromatic rings. The van der Waals surface area contributed by atoms with Crippen LogP contribution in [0.3, 0.4) is 0 Å². The number of nitrogens with one attached hydrogen (secondary N) is 1. The van der Waals surface area contributed by atoms with Crippen molar-refractivity contribution in [3.05, 3.63) is 0 Å². The Hall–Kier alpha value is -2.39. The van der Waals surface area contributed by atoms with E-state index in [2.05, 4.69) is 30.0 Å². The van der Waals surface area contributed by atoms with Crippen LogP contribution in [-0.2, 0) is 28.6 Å². The Morgan fingerprint density at radius 1 is 0.800 bits per heavy atom. The molecule has 146 valence electrons. The fourth-order valence-electron chi connectivity index (χ4n) is 1.07. The van der Waals surface area contributed by atoms with Crippen LogP contribution in [-0.4, -0.2) is 50.3 Å². The zero-order valence-electron chi connectivity index (χ0n) is 16.5. The van der Waals surface area contributed by atoms with Crippen LogP contribution in [0.5, 0.6) is 0 Å². The Bertz CT molecular complexity index is 431. The zero-order valence-corrected chi connectivity index (χ0v) is 16.5. The van der Waals surface area contributed by atoms with Gasteiger partial charge in [-0.1, -0.05) is 19.4 Å². The van der Waals surface area contributed by atoms with E-state index < -0.39 is 23.0 Å². The molecule has 0 heterocycles. The summed E-state index contributed by atoms with van der Waals surface area (Å²) in [5.74, 6) is -1.18. The van der Waals surface area contributed by atoms with Crippen molar-refractivity contribution in [2.24, 2.45) is 16.1 Å². The summed E-state index contributed by atoms with van der Waals surface area (Å²) < 4.78 is 13.5. The van der Waals surface area contributed by atoms with Crippen LogP contribution in [0, 0.1) is 11.4 Å². The van der Waals surface area contributed by atoms with Crippen molar-refractivity contribution >= 4 is 17.9 Å². The molecule has 0 unspecified atom stereocenters. The van der Waals surface area contributed by atoms with Crippen molar-refractivity contribution in [1.82, 2.24) is 0 Å². The highest BCUT2D eigenvalue weighted by atomic mass is 16.5. The number of carbonyl (C=O) groups is 3. The molecule has 0 aliphatic heterocycles. The van der Waals surface area contributed by atoms with Gasteiger partial charge in [-0.2, -0.15) is 15.8 Å². The summed E-state index contributed by atoms with van der Waals surface area (Å²) in [4.78, 5) is 32.9. The number of rotatable bonds is 5. The first-order chi connectivity index (χ1) is 11.4. The Balaban J connectivity index is -0.000000450. The summed E-state index contributed by atoms with van der Waals surface area (Å²) >= 11 is 0. The second-order valence-electron chi connectivity index (χ2n) is 5.98. The van der Waals surface area contributed by atoms with E-state index in [1.165, 1.54) is 21.3 Å². The number of azo groups is 1. The molecule has 0 amide bonds. The summed E-state index contributed by atoms with van der Waals surface area (Å²) in [7, 11) is 3.93. The van der Waals surface area contributed by atoms with Gasteiger partial charge in [0.2, 0.25) is 0 Å². The van der Waals surface area contributed by atoms with Crippen molar-refractivity contribution < 1.29 is 34.1 Å². The van der Waals surface area contributed by atoms with E-state index in [0.717, 1.165) is 0 Å². The Morgan fingerprint density at radius 3 is 1.20 bits per heavy atom. The summed E-state index contributed by atoms with van der Waals surface area (Å²) in [6.07, 6.45) is 0. The maximum absolute atomic E-state index is 11.3. The number of hydrogen-bond donors (Lipinski definition) is 2. The van der Waals surface area contributed by atoms with Crippen molar-refractivity contribution in [3.63, 3.8) is 0 Å². The van der Waals surface area contributed by atoms with Crippen molar-refractivity contribution in [2.75, 3.05) is 21.3 Å². The molecule has 0 aliphatic carbocycles. The Labute approximate surface area is 148 Å².